The highest BCUT2D eigenvalue weighted by Gasteiger charge is 2.35. The van der Waals surface area contributed by atoms with E-state index in [9.17, 15) is 13.2 Å². The van der Waals surface area contributed by atoms with E-state index in [4.69, 9.17) is 0 Å². The zero-order valence-corrected chi connectivity index (χ0v) is 11.3. The Balaban J connectivity index is 3.33. The van der Waals surface area contributed by atoms with E-state index in [1.165, 1.54) is 0 Å². The largest absolute Gasteiger partial charge is 0.433 e. The maximum atomic E-state index is 12.6. The zero-order valence-electron chi connectivity index (χ0n) is 9.51. The third-order valence-electron chi connectivity index (χ3n) is 1.95. The minimum atomic E-state index is -4.40. The highest BCUT2D eigenvalue weighted by molar-refractivity contribution is 7.98. The van der Waals surface area contributed by atoms with Gasteiger partial charge in [-0.25, -0.2) is 9.97 Å². The second-order valence-electron chi connectivity index (χ2n) is 4.37. The summed E-state index contributed by atoms with van der Waals surface area (Å²) in [5, 5.41) is 0.728. The third kappa shape index (κ3) is 3.21. The summed E-state index contributed by atoms with van der Waals surface area (Å²) in [5.41, 5.74) is -0.843. The van der Waals surface area contributed by atoms with Crippen molar-refractivity contribution in [3.05, 3.63) is 11.8 Å². The fourth-order valence-corrected chi connectivity index (χ4v) is 2.52. The van der Waals surface area contributed by atoms with Gasteiger partial charge in [-0.2, -0.15) is 13.2 Å². The van der Waals surface area contributed by atoms with Crippen LogP contribution in [0, 0.1) is 0 Å². The first kappa shape index (κ1) is 13.5. The van der Waals surface area contributed by atoms with Crippen molar-refractivity contribution in [3.63, 3.8) is 0 Å². The van der Waals surface area contributed by atoms with Gasteiger partial charge in [0.25, 0.3) is 0 Å². The van der Waals surface area contributed by atoms with Gasteiger partial charge in [-0.3, -0.25) is 0 Å². The molecule has 0 saturated heterocycles. The molecule has 1 heterocycles. The van der Waals surface area contributed by atoms with Crippen LogP contribution in [0.25, 0.3) is 0 Å². The Morgan fingerprint density at radius 1 is 1.19 bits per heavy atom. The van der Waals surface area contributed by atoms with E-state index in [-0.39, 0.29) is 5.16 Å². The number of alkyl halides is 3. The summed E-state index contributed by atoms with van der Waals surface area (Å²) in [7, 11) is -1.86. The van der Waals surface area contributed by atoms with Gasteiger partial charge in [-0.1, -0.05) is 31.4 Å². The highest BCUT2D eigenvalue weighted by atomic mass is 32.2. The quantitative estimate of drug-likeness (QED) is 0.467. The molecule has 1 aromatic rings. The van der Waals surface area contributed by atoms with Crippen molar-refractivity contribution >= 4 is 25.2 Å². The van der Waals surface area contributed by atoms with E-state index in [1.807, 2.05) is 19.6 Å². The second-order valence-corrected chi connectivity index (χ2v) is 10.2. The van der Waals surface area contributed by atoms with Gasteiger partial charge in [0.05, 0.1) is 0 Å². The summed E-state index contributed by atoms with van der Waals surface area (Å²) < 4.78 is 37.8. The molecule has 0 atom stereocenters. The maximum absolute atomic E-state index is 12.6. The molecule has 1 aromatic heterocycles. The number of nitrogens with zero attached hydrogens (tertiary/aromatic N) is 2. The third-order valence-corrected chi connectivity index (χ3v) is 4.29. The van der Waals surface area contributed by atoms with Gasteiger partial charge in [0.15, 0.2) is 5.16 Å². The number of aromatic nitrogens is 2. The molecule has 0 spiro atoms. The molecule has 0 aromatic carbocycles. The number of thioether (sulfide) groups is 1. The summed E-state index contributed by atoms with van der Waals surface area (Å²) in [6.07, 6.45) is -2.73. The molecule has 0 aliphatic heterocycles. The van der Waals surface area contributed by atoms with Crippen molar-refractivity contribution in [2.24, 2.45) is 0 Å². The molecule has 0 aliphatic rings. The van der Waals surface area contributed by atoms with E-state index in [0.717, 1.165) is 17.8 Å². The first-order valence-electron chi connectivity index (χ1n) is 4.65. The van der Waals surface area contributed by atoms with Crippen LogP contribution in [0.1, 0.15) is 5.69 Å². The molecule has 0 fully saturated rings. The molecule has 0 saturated carbocycles. The predicted molar refractivity (Wildman–Crippen MR) is 61.8 cm³/mol. The van der Waals surface area contributed by atoms with Gasteiger partial charge < -0.3 is 0 Å². The van der Waals surface area contributed by atoms with Crippen LogP contribution in [-0.2, 0) is 6.18 Å². The van der Waals surface area contributed by atoms with Crippen molar-refractivity contribution in [2.45, 2.75) is 31.0 Å². The van der Waals surface area contributed by atoms with Crippen LogP contribution >= 0.6 is 11.8 Å². The van der Waals surface area contributed by atoms with Crippen LogP contribution in [0.2, 0.25) is 19.6 Å². The van der Waals surface area contributed by atoms with E-state index in [0.29, 0.717) is 5.32 Å². The maximum Gasteiger partial charge on any atom is 0.433 e. The van der Waals surface area contributed by atoms with Crippen molar-refractivity contribution < 1.29 is 13.2 Å². The first-order valence-corrected chi connectivity index (χ1v) is 9.38. The van der Waals surface area contributed by atoms with Crippen LogP contribution in [0.5, 0.6) is 0 Å². The molecule has 16 heavy (non-hydrogen) atoms. The molecule has 0 N–H and O–H groups in total. The van der Waals surface area contributed by atoms with Crippen molar-refractivity contribution in [3.8, 4) is 0 Å². The van der Waals surface area contributed by atoms with Gasteiger partial charge >= 0.3 is 6.18 Å². The Hall–Kier alpha value is -0.563. The highest BCUT2D eigenvalue weighted by Crippen LogP contribution is 2.28. The average Bonchev–Trinajstić information content (AvgIpc) is 2.14. The average molecular weight is 266 g/mol. The summed E-state index contributed by atoms with van der Waals surface area (Å²) >= 11 is 1.13. The Kier molecular flexibility index (Phi) is 3.68. The number of rotatable bonds is 2. The van der Waals surface area contributed by atoms with Crippen LogP contribution in [0.15, 0.2) is 11.2 Å². The standard InChI is InChI=1S/C9H13F3N2SSi/c1-15-8-13-6(9(10,11)12)5-7(14-8)16(2,3)4/h5H,1-4H3. The summed E-state index contributed by atoms with van der Waals surface area (Å²) in [4.78, 5) is 7.64. The van der Waals surface area contributed by atoms with Gasteiger partial charge in [-0.05, 0) is 12.3 Å². The van der Waals surface area contributed by atoms with Gasteiger partial charge in [0.2, 0.25) is 0 Å². The molecule has 1 rings (SSSR count). The number of hydrogen-bond acceptors (Lipinski definition) is 3. The van der Waals surface area contributed by atoms with Crippen molar-refractivity contribution in [1.29, 1.82) is 0 Å². The zero-order chi connectivity index (χ0) is 12.6. The lowest BCUT2D eigenvalue weighted by molar-refractivity contribution is -0.141. The second kappa shape index (κ2) is 4.36. The van der Waals surface area contributed by atoms with Crippen molar-refractivity contribution in [2.75, 3.05) is 6.26 Å². The SMILES string of the molecule is CSc1nc(C(F)(F)F)cc([Si](C)(C)C)n1. The minimum Gasteiger partial charge on any atom is -0.233 e. The topological polar surface area (TPSA) is 25.8 Å². The van der Waals surface area contributed by atoms with Crippen molar-refractivity contribution in [1.82, 2.24) is 9.97 Å². The molecule has 90 valence electrons. The smallest absolute Gasteiger partial charge is 0.233 e. The normalized spacial score (nSPS) is 12.9. The lowest BCUT2D eigenvalue weighted by Gasteiger charge is -2.17. The Morgan fingerprint density at radius 2 is 1.75 bits per heavy atom. The fraction of sp³-hybridized carbons (Fsp3) is 0.556. The minimum absolute atomic E-state index is 0.187. The van der Waals surface area contributed by atoms with Crippen LogP contribution < -0.4 is 5.32 Å². The molecule has 0 aliphatic carbocycles. The molecule has 0 unspecified atom stereocenters. The van der Waals surface area contributed by atoms with E-state index in [2.05, 4.69) is 9.97 Å². The molecular weight excluding hydrogens is 253 g/mol. The Labute approximate surface area is 97.7 Å². The van der Waals surface area contributed by atoms with Gasteiger partial charge in [-0.15, -0.1) is 0 Å². The van der Waals surface area contributed by atoms with Crippen LogP contribution in [-0.4, -0.2) is 24.3 Å². The summed E-state index contributed by atoms with van der Waals surface area (Å²) in [5.74, 6) is 0. The van der Waals surface area contributed by atoms with Gasteiger partial charge in [0.1, 0.15) is 13.8 Å². The summed E-state index contributed by atoms with van der Waals surface area (Å²) in [6, 6.07) is 1.08. The predicted octanol–water partition coefficient (Wildman–Crippen LogP) is 2.76. The van der Waals surface area contributed by atoms with E-state index in [1.54, 1.807) is 6.26 Å². The summed E-state index contributed by atoms with van der Waals surface area (Å²) in [6.45, 7) is 5.87. The lowest BCUT2D eigenvalue weighted by Crippen LogP contribution is -2.41. The molecule has 7 heteroatoms. The Bertz CT molecular complexity index is 355. The van der Waals surface area contributed by atoms with Crippen LogP contribution in [0.3, 0.4) is 0 Å². The number of hydrogen-bond donors (Lipinski definition) is 0. The van der Waals surface area contributed by atoms with Crippen LogP contribution in [0.4, 0.5) is 13.2 Å². The van der Waals surface area contributed by atoms with Gasteiger partial charge in [0, 0.05) is 5.32 Å². The molecule has 2 nitrogen and oxygen atoms in total. The number of halogens is 3. The van der Waals surface area contributed by atoms with E-state index < -0.39 is 19.9 Å². The fourth-order valence-electron chi connectivity index (χ4n) is 1.05. The first-order chi connectivity index (χ1) is 7.14. The lowest BCUT2D eigenvalue weighted by atomic mass is 10.4. The molecular formula is C9H13F3N2SSi. The monoisotopic (exact) mass is 266 g/mol. The Morgan fingerprint density at radius 3 is 2.12 bits per heavy atom. The molecule has 0 bridgehead atoms. The molecule has 0 amide bonds. The van der Waals surface area contributed by atoms with E-state index >= 15 is 0 Å². The molecule has 0 radical (unpaired) electrons.